The number of urea groups is 1. The summed E-state index contributed by atoms with van der Waals surface area (Å²) in [4.78, 5) is 14.7. The molecule has 2 N–H and O–H groups in total. The molecule has 1 heterocycles. The molecule has 1 rings (SSSR count). The first-order valence-corrected chi connectivity index (χ1v) is 4.35. The quantitative estimate of drug-likeness (QED) is 0.760. The molecule has 76 valence electrons. The van der Waals surface area contributed by atoms with Crippen molar-refractivity contribution in [1.82, 2.24) is 15.6 Å². The summed E-state index contributed by atoms with van der Waals surface area (Å²) in [5.41, 5.74) is 0.235. The zero-order valence-electron chi connectivity index (χ0n) is 7.88. The molecule has 0 atom stereocenters. The van der Waals surface area contributed by atoms with Gasteiger partial charge in [0.25, 0.3) is 0 Å². The predicted octanol–water partition coefficient (Wildman–Crippen LogP) is 1.04. The van der Waals surface area contributed by atoms with E-state index in [0.717, 1.165) is 0 Å². The standard InChI is InChI=1S/C9H12FN3O/c1-2-11-9(14)13-6-8-7(10)4-3-5-12-8/h3-5H,2,6H2,1H3,(H2,11,13,14). The van der Waals surface area contributed by atoms with Gasteiger partial charge in [0.05, 0.1) is 12.2 Å². The number of hydrogen-bond donors (Lipinski definition) is 2. The fourth-order valence-electron chi connectivity index (χ4n) is 0.936. The van der Waals surface area contributed by atoms with E-state index in [1.54, 1.807) is 6.92 Å². The lowest BCUT2D eigenvalue weighted by Crippen LogP contribution is -2.35. The number of rotatable bonds is 3. The molecule has 0 saturated heterocycles. The lowest BCUT2D eigenvalue weighted by Gasteiger charge is -2.05. The lowest BCUT2D eigenvalue weighted by atomic mass is 10.3. The van der Waals surface area contributed by atoms with Crippen LogP contribution in [0, 0.1) is 5.82 Å². The van der Waals surface area contributed by atoms with Crippen molar-refractivity contribution in [2.75, 3.05) is 6.54 Å². The van der Waals surface area contributed by atoms with Crippen LogP contribution in [-0.4, -0.2) is 17.6 Å². The molecule has 0 aliphatic heterocycles. The monoisotopic (exact) mass is 197 g/mol. The fraction of sp³-hybridized carbons (Fsp3) is 0.333. The first-order chi connectivity index (χ1) is 6.74. The smallest absolute Gasteiger partial charge is 0.315 e. The average Bonchev–Trinajstić information content (AvgIpc) is 2.17. The molecular formula is C9H12FN3O. The van der Waals surface area contributed by atoms with Crippen LogP contribution in [0.5, 0.6) is 0 Å². The number of carbonyl (C=O) groups is 1. The Bertz CT molecular complexity index is 317. The second-order valence-corrected chi connectivity index (χ2v) is 2.64. The van der Waals surface area contributed by atoms with Gasteiger partial charge in [-0.1, -0.05) is 0 Å². The van der Waals surface area contributed by atoms with Crippen molar-refractivity contribution >= 4 is 6.03 Å². The number of nitrogens with one attached hydrogen (secondary N) is 2. The topological polar surface area (TPSA) is 54.0 Å². The van der Waals surface area contributed by atoms with E-state index in [9.17, 15) is 9.18 Å². The van der Waals surface area contributed by atoms with Crippen molar-refractivity contribution in [3.63, 3.8) is 0 Å². The molecule has 0 unspecified atom stereocenters. The Kier molecular flexibility index (Phi) is 3.84. The summed E-state index contributed by atoms with van der Waals surface area (Å²) in [5.74, 6) is -0.413. The molecule has 0 radical (unpaired) electrons. The van der Waals surface area contributed by atoms with Crippen LogP contribution in [0.25, 0.3) is 0 Å². The van der Waals surface area contributed by atoms with Gasteiger partial charge in [0, 0.05) is 12.7 Å². The van der Waals surface area contributed by atoms with Crippen molar-refractivity contribution in [2.45, 2.75) is 13.5 Å². The van der Waals surface area contributed by atoms with E-state index < -0.39 is 5.82 Å². The Hall–Kier alpha value is -1.65. The largest absolute Gasteiger partial charge is 0.338 e. The third kappa shape index (κ3) is 3.01. The molecular weight excluding hydrogens is 185 g/mol. The molecule has 1 aromatic rings. The molecule has 0 fully saturated rings. The Labute approximate surface area is 81.5 Å². The maximum absolute atomic E-state index is 13.0. The number of halogens is 1. The molecule has 4 nitrogen and oxygen atoms in total. The Morgan fingerprint density at radius 1 is 1.57 bits per heavy atom. The zero-order valence-corrected chi connectivity index (χ0v) is 7.88. The summed E-state index contributed by atoms with van der Waals surface area (Å²) in [6, 6.07) is 2.49. The van der Waals surface area contributed by atoms with Crippen LogP contribution in [0.2, 0.25) is 0 Å². The van der Waals surface area contributed by atoms with E-state index >= 15 is 0 Å². The van der Waals surface area contributed by atoms with Crippen LogP contribution in [0.3, 0.4) is 0 Å². The SMILES string of the molecule is CCNC(=O)NCc1ncccc1F. The average molecular weight is 197 g/mol. The first kappa shape index (κ1) is 10.4. The third-order valence-electron chi connectivity index (χ3n) is 1.59. The predicted molar refractivity (Wildman–Crippen MR) is 50.1 cm³/mol. The molecule has 1 aromatic heterocycles. The van der Waals surface area contributed by atoms with Crippen molar-refractivity contribution in [2.24, 2.45) is 0 Å². The van der Waals surface area contributed by atoms with Gasteiger partial charge in [0.2, 0.25) is 0 Å². The highest BCUT2D eigenvalue weighted by molar-refractivity contribution is 5.73. The van der Waals surface area contributed by atoms with Crippen molar-refractivity contribution in [1.29, 1.82) is 0 Å². The first-order valence-electron chi connectivity index (χ1n) is 4.35. The Morgan fingerprint density at radius 2 is 2.36 bits per heavy atom. The maximum atomic E-state index is 13.0. The van der Waals surface area contributed by atoms with Crippen LogP contribution in [-0.2, 0) is 6.54 Å². The summed E-state index contributed by atoms with van der Waals surface area (Å²) in [6.07, 6.45) is 1.48. The van der Waals surface area contributed by atoms with E-state index in [2.05, 4.69) is 15.6 Å². The van der Waals surface area contributed by atoms with Gasteiger partial charge in [-0.25, -0.2) is 9.18 Å². The molecule has 0 aliphatic carbocycles. The van der Waals surface area contributed by atoms with E-state index in [4.69, 9.17) is 0 Å². The van der Waals surface area contributed by atoms with E-state index in [1.165, 1.54) is 18.3 Å². The highest BCUT2D eigenvalue weighted by atomic mass is 19.1. The summed E-state index contributed by atoms with van der Waals surface area (Å²) in [6.45, 7) is 2.44. The number of hydrogen-bond acceptors (Lipinski definition) is 2. The van der Waals surface area contributed by atoms with Gasteiger partial charge >= 0.3 is 6.03 Å². The summed E-state index contributed by atoms with van der Waals surface area (Å²) in [7, 11) is 0. The van der Waals surface area contributed by atoms with Gasteiger partial charge in [-0.3, -0.25) is 4.98 Å². The van der Waals surface area contributed by atoms with Crippen LogP contribution in [0.1, 0.15) is 12.6 Å². The van der Waals surface area contributed by atoms with Crippen molar-refractivity contribution < 1.29 is 9.18 Å². The lowest BCUT2D eigenvalue weighted by molar-refractivity contribution is 0.241. The summed E-state index contributed by atoms with van der Waals surface area (Å²) < 4.78 is 13.0. The summed E-state index contributed by atoms with van der Waals surface area (Å²) >= 11 is 0. The number of aromatic nitrogens is 1. The maximum Gasteiger partial charge on any atom is 0.315 e. The fourth-order valence-corrected chi connectivity index (χ4v) is 0.936. The molecule has 0 spiro atoms. The number of pyridine rings is 1. The molecule has 5 heteroatoms. The highest BCUT2D eigenvalue weighted by Crippen LogP contribution is 2.01. The molecule has 0 saturated carbocycles. The van der Waals surface area contributed by atoms with Crippen LogP contribution in [0.4, 0.5) is 9.18 Å². The van der Waals surface area contributed by atoms with E-state index in [1.807, 2.05) is 0 Å². The minimum Gasteiger partial charge on any atom is -0.338 e. The van der Waals surface area contributed by atoms with Gasteiger partial charge in [-0.15, -0.1) is 0 Å². The van der Waals surface area contributed by atoms with E-state index in [-0.39, 0.29) is 18.3 Å². The van der Waals surface area contributed by atoms with Crippen LogP contribution >= 0.6 is 0 Å². The molecule has 14 heavy (non-hydrogen) atoms. The van der Waals surface area contributed by atoms with Gasteiger partial charge < -0.3 is 10.6 Å². The van der Waals surface area contributed by atoms with Gasteiger partial charge in [0.15, 0.2) is 0 Å². The molecule has 0 aliphatic rings. The Balaban J connectivity index is 2.46. The third-order valence-corrected chi connectivity index (χ3v) is 1.59. The molecule has 2 amide bonds. The van der Waals surface area contributed by atoms with Crippen LogP contribution in [0.15, 0.2) is 18.3 Å². The minimum absolute atomic E-state index is 0.0957. The second kappa shape index (κ2) is 5.16. The van der Waals surface area contributed by atoms with E-state index in [0.29, 0.717) is 6.54 Å². The number of amides is 2. The summed E-state index contributed by atoms with van der Waals surface area (Å²) in [5, 5.41) is 5.02. The highest BCUT2D eigenvalue weighted by Gasteiger charge is 2.03. The Morgan fingerprint density at radius 3 is 3.00 bits per heavy atom. The second-order valence-electron chi connectivity index (χ2n) is 2.64. The molecule has 0 bridgehead atoms. The normalized spacial score (nSPS) is 9.57. The zero-order chi connectivity index (χ0) is 10.4. The van der Waals surface area contributed by atoms with Crippen LogP contribution < -0.4 is 10.6 Å². The number of nitrogens with zero attached hydrogens (tertiary/aromatic N) is 1. The minimum atomic E-state index is -0.413. The van der Waals surface area contributed by atoms with Gasteiger partial charge in [-0.2, -0.15) is 0 Å². The van der Waals surface area contributed by atoms with Gasteiger partial charge in [-0.05, 0) is 19.1 Å². The van der Waals surface area contributed by atoms with Crippen molar-refractivity contribution in [3.8, 4) is 0 Å². The number of carbonyl (C=O) groups excluding carboxylic acids is 1. The molecule has 0 aromatic carbocycles. The van der Waals surface area contributed by atoms with Crippen molar-refractivity contribution in [3.05, 3.63) is 29.8 Å². The van der Waals surface area contributed by atoms with Gasteiger partial charge in [0.1, 0.15) is 5.82 Å².